The van der Waals surface area contributed by atoms with E-state index in [1.165, 1.54) is 29.2 Å². The summed E-state index contributed by atoms with van der Waals surface area (Å²) >= 11 is 0. The molecule has 5 rings (SSSR count). The molecule has 0 radical (unpaired) electrons. The number of carbonyl (C=O) groups is 1. The maximum absolute atomic E-state index is 13.5. The van der Waals surface area contributed by atoms with Gasteiger partial charge in [0, 0.05) is 63.7 Å². The number of likely N-dealkylation sites (tertiary alicyclic amines) is 1. The molecule has 2 aromatic rings. The second-order valence-electron chi connectivity index (χ2n) is 9.41. The summed E-state index contributed by atoms with van der Waals surface area (Å²) in [5.74, 6) is -3.06. The standard InChI is InChI=1S/C24H27F2N4O6P/c1-17(36-37(34,28-11-12-28)29-13-14-29)18-5-6-21(30(32)33)22(16-18)35-20-4-2-3-19(15-20)23(31)27-9-7-24(25,26)8-10-27/h2-6,15-17H,7-14H2,1H3. The van der Waals surface area contributed by atoms with E-state index in [1.807, 2.05) is 0 Å². The minimum atomic E-state index is -3.11. The van der Waals surface area contributed by atoms with Gasteiger partial charge in [-0.1, -0.05) is 6.07 Å². The van der Waals surface area contributed by atoms with Crippen molar-refractivity contribution in [2.45, 2.75) is 31.8 Å². The first-order chi connectivity index (χ1) is 17.6. The van der Waals surface area contributed by atoms with Gasteiger partial charge in [0.25, 0.3) is 11.8 Å². The molecule has 0 spiro atoms. The highest BCUT2D eigenvalue weighted by Gasteiger charge is 2.50. The van der Waals surface area contributed by atoms with Crippen LogP contribution in [-0.4, -0.2) is 70.3 Å². The van der Waals surface area contributed by atoms with E-state index in [-0.39, 0.29) is 35.8 Å². The molecular weight excluding hydrogens is 509 g/mol. The van der Waals surface area contributed by atoms with Crippen LogP contribution in [0.3, 0.4) is 0 Å². The third-order valence-electron chi connectivity index (χ3n) is 6.60. The topological polar surface area (TPSA) is 105 Å². The van der Waals surface area contributed by atoms with Gasteiger partial charge in [-0.3, -0.25) is 24.0 Å². The third-order valence-corrected chi connectivity index (χ3v) is 9.42. The number of nitrogens with zero attached hydrogens (tertiary/aromatic N) is 4. The van der Waals surface area contributed by atoms with Crippen molar-refractivity contribution in [3.8, 4) is 11.5 Å². The molecule has 2 aromatic carbocycles. The highest BCUT2D eigenvalue weighted by Crippen LogP contribution is 2.63. The molecule has 3 heterocycles. The fraction of sp³-hybridized carbons (Fsp3) is 0.458. The predicted octanol–water partition coefficient (Wildman–Crippen LogP) is 5.08. The third kappa shape index (κ3) is 5.67. The second kappa shape index (κ2) is 9.75. The van der Waals surface area contributed by atoms with Crippen LogP contribution in [0.5, 0.6) is 11.5 Å². The van der Waals surface area contributed by atoms with E-state index in [1.54, 1.807) is 34.5 Å². The van der Waals surface area contributed by atoms with E-state index in [4.69, 9.17) is 9.26 Å². The first kappa shape index (κ1) is 25.7. The van der Waals surface area contributed by atoms with E-state index >= 15 is 0 Å². The quantitative estimate of drug-likeness (QED) is 0.189. The van der Waals surface area contributed by atoms with Crippen LogP contribution in [-0.2, 0) is 9.09 Å². The summed E-state index contributed by atoms with van der Waals surface area (Å²) in [6, 6.07) is 10.4. The highest BCUT2D eigenvalue weighted by molar-refractivity contribution is 7.54. The van der Waals surface area contributed by atoms with Crippen LogP contribution < -0.4 is 4.74 Å². The van der Waals surface area contributed by atoms with Gasteiger partial charge in [-0.25, -0.2) is 18.1 Å². The molecule has 0 saturated carbocycles. The van der Waals surface area contributed by atoms with Crippen molar-refractivity contribution < 1.29 is 32.3 Å². The number of rotatable bonds is 9. The molecular formula is C24H27F2N4O6P. The Bertz CT molecular complexity index is 1240. The zero-order valence-electron chi connectivity index (χ0n) is 20.2. The lowest BCUT2D eigenvalue weighted by molar-refractivity contribution is -0.385. The van der Waals surface area contributed by atoms with E-state index in [0.29, 0.717) is 31.7 Å². The summed E-state index contributed by atoms with van der Waals surface area (Å²) < 4.78 is 55.7. The number of amides is 1. The van der Waals surface area contributed by atoms with Gasteiger partial charge < -0.3 is 9.64 Å². The summed E-state index contributed by atoms with van der Waals surface area (Å²) in [5.41, 5.74) is 0.494. The molecule has 0 N–H and O–H groups in total. The Labute approximate surface area is 212 Å². The van der Waals surface area contributed by atoms with Crippen molar-refractivity contribution in [2.24, 2.45) is 0 Å². The Balaban J connectivity index is 1.35. The average Bonchev–Trinajstić information content (AvgIpc) is 3.76. The van der Waals surface area contributed by atoms with Crippen LogP contribution in [0.2, 0.25) is 0 Å². The van der Waals surface area contributed by atoms with Crippen LogP contribution in [0.1, 0.15) is 41.8 Å². The van der Waals surface area contributed by atoms with Crippen molar-refractivity contribution in [1.29, 1.82) is 0 Å². The SMILES string of the molecule is CC(OP(=O)(N1CC1)N1CC1)c1ccc([N+](=O)[O-])c(Oc2cccc(C(=O)N3CCC(F)(F)CC3)c2)c1. The molecule has 10 nitrogen and oxygen atoms in total. The molecule has 1 unspecified atom stereocenters. The fourth-order valence-corrected chi connectivity index (χ4v) is 6.58. The van der Waals surface area contributed by atoms with Gasteiger partial charge in [-0.2, -0.15) is 0 Å². The first-order valence-corrected chi connectivity index (χ1v) is 13.6. The van der Waals surface area contributed by atoms with Crippen LogP contribution in [0, 0.1) is 10.1 Å². The Morgan fingerprint density at radius 1 is 1.05 bits per heavy atom. The monoisotopic (exact) mass is 536 g/mol. The number of hydrogen-bond acceptors (Lipinski definition) is 6. The van der Waals surface area contributed by atoms with E-state index in [0.717, 1.165) is 0 Å². The second-order valence-corrected chi connectivity index (χ2v) is 11.7. The lowest BCUT2D eigenvalue weighted by Crippen LogP contribution is -2.42. The lowest BCUT2D eigenvalue weighted by Gasteiger charge is -2.31. The molecule has 3 aliphatic rings. The summed E-state index contributed by atoms with van der Waals surface area (Å²) in [7, 11) is -3.11. The summed E-state index contributed by atoms with van der Waals surface area (Å²) in [6.07, 6.45) is -1.41. The maximum Gasteiger partial charge on any atom is 0.346 e. The Morgan fingerprint density at radius 3 is 2.30 bits per heavy atom. The molecule has 1 amide bonds. The molecule has 0 aromatic heterocycles. The van der Waals surface area contributed by atoms with Crippen LogP contribution in [0.15, 0.2) is 42.5 Å². The van der Waals surface area contributed by atoms with E-state index in [2.05, 4.69) is 0 Å². The molecule has 1 atom stereocenters. The minimum Gasteiger partial charge on any atom is -0.450 e. The van der Waals surface area contributed by atoms with Gasteiger partial charge in [-0.15, -0.1) is 0 Å². The Hall–Kier alpha value is -2.92. The Kier molecular flexibility index (Phi) is 6.78. The van der Waals surface area contributed by atoms with Crippen molar-refractivity contribution in [3.05, 3.63) is 63.7 Å². The predicted molar refractivity (Wildman–Crippen MR) is 130 cm³/mol. The molecule has 198 valence electrons. The molecule has 13 heteroatoms. The van der Waals surface area contributed by atoms with Crippen molar-refractivity contribution in [3.63, 3.8) is 0 Å². The van der Waals surface area contributed by atoms with Crippen molar-refractivity contribution in [2.75, 3.05) is 39.3 Å². The zero-order chi connectivity index (χ0) is 26.4. The lowest BCUT2D eigenvalue weighted by atomic mass is 10.1. The van der Waals surface area contributed by atoms with Gasteiger partial charge in [0.05, 0.1) is 11.0 Å². The number of alkyl halides is 2. The zero-order valence-corrected chi connectivity index (χ0v) is 21.1. The first-order valence-electron chi connectivity index (χ1n) is 12.1. The van der Waals surface area contributed by atoms with Gasteiger partial charge in [-0.05, 0) is 42.8 Å². The average molecular weight is 536 g/mol. The van der Waals surface area contributed by atoms with Crippen LogP contribution in [0.25, 0.3) is 0 Å². The van der Waals surface area contributed by atoms with Crippen LogP contribution in [0.4, 0.5) is 14.5 Å². The molecule has 0 aliphatic carbocycles. The van der Waals surface area contributed by atoms with Gasteiger partial charge in [0.15, 0.2) is 0 Å². The van der Waals surface area contributed by atoms with E-state index in [9.17, 15) is 28.3 Å². The van der Waals surface area contributed by atoms with Gasteiger partial charge in [0.2, 0.25) is 5.75 Å². The molecule has 0 bridgehead atoms. The van der Waals surface area contributed by atoms with Crippen molar-refractivity contribution in [1.82, 2.24) is 14.2 Å². The minimum absolute atomic E-state index is 0.0545. The molecule has 37 heavy (non-hydrogen) atoms. The number of piperidine rings is 1. The van der Waals surface area contributed by atoms with Gasteiger partial charge in [0.1, 0.15) is 5.75 Å². The maximum atomic E-state index is 13.5. The number of nitro benzene ring substituents is 1. The Morgan fingerprint density at radius 2 is 1.70 bits per heavy atom. The normalized spacial score (nSPS) is 20.4. The number of nitro groups is 1. The number of benzene rings is 2. The number of carbonyl (C=O) groups excluding carboxylic acids is 1. The largest absolute Gasteiger partial charge is 0.450 e. The van der Waals surface area contributed by atoms with Crippen LogP contribution >= 0.6 is 7.67 Å². The summed E-state index contributed by atoms with van der Waals surface area (Å²) in [4.78, 5) is 25.3. The number of hydrogen-bond donors (Lipinski definition) is 0. The number of halogens is 2. The summed E-state index contributed by atoms with van der Waals surface area (Å²) in [5, 5.41) is 11.7. The van der Waals surface area contributed by atoms with E-state index < -0.39 is 43.4 Å². The molecule has 3 saturated heterocycles. The number of ether oxygens (including phenoxy) is 1. The molecule has 3 aliphatic heterocycles. The molecule has 3 fully saturated rings. The smallest absolute Gasteiger partial charge is 0.346 e. The van der Waals surface area contributed by atoms with Gasteiger partial charge >= 0.3 is 13.4 Å². The summed E-state index contributed by atoms with van der Waals surface area (Å²) in [6.45, 7) is 4.41. The highest BCUT2D eigenvalue weighted by atomic mass is 31.2. The fourth-order valence-electron chi connectivity index (χ4n) is 4.23. The van der Waals surface area contributed by atoms with Crippen molar-refractivity contribution >= 4 is 19.3 Å².